The molecule has 0 bridgehead atoms. The molecule has 0 saturated carbocycles. The molecule has 2 aromatic rings. The summed E-state index contributed by atoms with van der Waals surface area (Å²) in [5, 5.41) is 10.6. The third kappa shape index (κ3) is 3.29. The van der Waals surface area contributed by atoms with Crippen molar-refractivity contribution in [3.8, 4) is 6.07 Å². The molecule has 1 unspecified atom stereocenters. The van der Waals surface area contributed by atoms with E-state index >= 15 is 0 Å². The van der Waals surface area contributed by atoms with Gasteiger partial charge in [-0.2, -0.15) is 5.26 Å². The molecule has 0 radical (unpaired) electrons. The van der Waals surface area contributed by atoms with Crippen LogP contribution in [0.25, 0.3) is 0 Å². The molecule has 0 amide bonds. The van der Waals surface area contributed by atoms with Gasteiger partial charge in [-0.05, 0) is 36.6 Å². The molecular weight excluding hydrogens is 277 g/mol. The second-order valence-corrected chi connectivity index (χ2v) is 5.31. The first-order valence-corrected chi connectivity index (χ1v) is 6.76. The van der Waals surface area contributed by atoms with Gasteiger partial charge in [-0.3, -0.25) is 0 Å². The molecule has 2 rings (SSSR count). The van der Waals surface area contributed by atoms with Crippen molar-refractivity contribution < 1.29 is 0 Å². The number of halogens is 2. The third-order valence-corrected chi connectivity index (χ3v) is 3.81. The molecule has 2 aromatic carbocycles. The van der Waals surface area contributed by atoms with Crippen LogP contribution in [0.15, 0.2) is 42.5 Å². The van der Waals surface area contributed by atoms with Crippen LogP contribution in [0.5, 0.6) is 0 Å². The predicted molar refractivity (Wildman–Crippen MR) is 79.7 cm³/mol. The summed E-state index contributed by atoms with van der Waals surface area (Å²) in [5.41, 5.74) is 3.00. The van der Waals surface area contributed by atoms with Crippen molar-refractivity contribution in [1.29, 1.82) is 5.26 Å². The van der Waals surface area contributed by atoms with Crippen LogP contribution in [0, 0.1) is 18.3 Å². The van der Waals surface area contributed by atoms with E-state index in [1.54, 1.807) is 18.2 Å². The quantitative estimate of drug-likeness (QED) is 0.766. The lowest BCUT2D eigenvalue weighted by Gasteiger charge is -2.12. The molecule has 0 heterocycles. The van der Waals surface area contributed by atoms with Crippen molar-refractivity contribution in [1.82, 2.24) is 0 Å². The van der Waals surface area contributed by atoms with Crippen molar-refractivity contribution in [2.75, 3.05) is 0 Å². The molecule has 0 aliphatic carbocycles. The van der Waals surface area contributed by atoms with Gasteiger partial charge in [-0.1, -0.05) is 59.1 Å². The van der Waals surface area contributed by atoms with Gasteiger partial charge in [0.15, 0.2) is 0 Å². The lowest BCUT2D eigenvalue weighted by Crippen LogP contribution is -2.01. The Morgan fingerprint density at radius 1 is 1.05 bits per heavy atom. The van der Waals surface area contributed by atoms with Crippen molar-refractivity contribution in [3.05, 3.63) is 69.2 Å². The largest absolute Gasteiger partial charge is 0.198 e. The maximum absolute atomic E-state index is 9.36. The highest BCUT2D eigenvalue weighted by atomic mass is 35.5. The predicted octanol–water partition coefficient (Wildman–Crippen LogP) is 5.15. The van der Waals surface area contributed by atoms with Gasteiger partial charge in [0.05, 0.1) is 12.0 Å². The van der Waals surface area contributed by atoms with Crippen LogP contribution in [-0.2, 0) is 6.42 Å². The van der Waals surface area contributed by atoms with E-state index in [0.29, 0.717) is 16.5 Å². The standard InChI is InChI=1S/C16H13Cl2N/c1-11-5-7-12(8-6-11)13(10-19)9-14-15(17)3-2-4-16(14)18/h2-8,13H,9H2,1H3. The van der Waals surface area contributed by atoms with Crippen LogP contribution in [-0.4, -0.2) is 0 Å². The molecule has 1 atom stereocenters. The molecule has 0 aliphatic heterocycles. The van der Waals surface area contributed by atoms with Crippen LogP contribution < -0.4 is 0 Å². The van der Waals surface area contributed by atoms with Gasteiger partial charge in [-0.25, -0.2) is 0 Å². The second-order valence-electron chi connectivity index (χ2n) is 4.50. The maximum Gasteiger partial charge on any atom is 0.0754 e. The van der Waals surface area contributed by atoms with Crippen LogP contribution in [0.2, 0.25) is 10.0 Å². The Hall–Kier alpha value is -1.49. The van der Waals surface area contributed by atoms with E-state index < -0.39 is 0 Å². The zero-order valence-corrected chi connectivity index (χ0v) is 12.0. The Morgan fingerprint density at radius 3 is 2.16 bits per heavy atom. The van der Waals surface area contributed by atoms with E-state index in [-0.39, 0.29) is 5.92 Å². The lowest BCUT2D eigenvalue weighted by molar-refractivity contribution is 0.849. The summed E-state index contributed by atoms with van der Waals surface area (Å²) in [6, 6.07) is 15.7. The summed E-state index contributed by atoms with van der Waals surface area (Å²) in [7, 11) is 0. The Kier molecular flexibility index (Phi) is 4.47. The van der Waals surface area contributed by atoms with Gasteiger partial charge in [0.25, 0.3) is 0 Å². The van der Waals surface area contributed by atoms with Crippen LogP contribution in [0.3, 0.4) is 0 Å². The fourth-order valence-corrected chi connectivity index (χ4v) is 2.52. The highest BCUT2D eigenvalue weighted by Gasteiger charge is 2.15. The van der Waals surface area contributed by atoms with Gasteiger partial charge < -0.3 is 0 Å². The zero-order valence-electron chi connectivity index (χ0n) is 10.5. The molecule has 1 nitrogen and oxygen atoms in total. The molecule has 19 heavy (non-hydrogen) atoms. The van der Waals surface area contributed by atoms with Gasteiger partial charge in [0.1, 0.15) is 0 Å². The Balaban J connectivity index is 2.30. The highest BCUT2D eigenvalue weighted by Crippen LogP contribution is 2.30. The number of nitrogens with zero attached hydrogens (tertiary/aromatic N) is 1. The van der Waals surface area contributed by atoms with Crippen LogP contribution >= 0.6 is 23.2 Å². The van der Waals surface area contributed by atoms with E-state index in [1.165, 1.54) is 5.56 Å². The fourth-order valence-electron chi connectivity index (χ4n) is 1.97. The topological polar surface area (TPSA) is 23.8 Å². The molecule has 0 spiro atoms. The third-order valence-electron chi connectivity index (χ3n) is 3.11. The van der Waals surface area contributed by atoms with E-state index in [1.807, 2.05) is 31.2 Å². The Labute approximate surface area is 123 Å². The highest BCUT2D eigenvalue weighted by molar-refractivity contribution is 6.36. The minimum atomic E-state index is -0.238. The number of benzene rings is 2. The van der Waals surface area contributed by atoms with Gasteiger partial charge in [0, 0.05) is 10.0 Å². The van der Waals surface area contributed by atoms with Gasteiger partial charge in [-0.15, -0.1) is 0 Å². The maximum atomic E-state index is 9.36. The van der Waals surface area contributed by atoms with Crippen LogP contribution in [0.1, 0.15) is 22.6 Å². The first-order chi connectivity index (χ1) is 9.11. The number of nitriles is 1. The monoisotopic (exact) mass is 289 g/mol. The number of aryl methyl sites for hydroxylation is 1. The van der Waals surface area contributed by atoms with E-state index in [9.17, 15) is 5.26 Å². The minimum Gasteiger partial charge on any atom is -0.198 e. The average Bonchev–Trinajstić information content (AvgIpc) is 2.40. The molecule has 0 saturated heterocycles. The first kappa shape index (κ1) is 13.9. The number of hydrogen-bond acceptors (Lipinski definition) is 1. The summed E-state index contributed by atoms with van der Waals surface area (Å²) in [6.45, 7) is 2.02. The second kappa shape index (κ2) is 6.10. The summed E-state index contributed by atoms with van der Waals surface area (Å²) >= 11 is 12.3. The van der Waals surface area contributed by atoms with Crippen molar-refractivity contribution >= 4 is 23.2 Å². The number of hydrogen-bond donors (Lipinski definition) is 0. The SMILES string of the molecule is Cc1ccc(C(C#N)Cc2c(Cl)cccc2Cl)cc1. The van der Waals surface area contributed by atoms with Crippen molar-refractivity contribution in [3.63, 3.8) is 0 Å². The Morgan fingerprint density at radius 2 is 1.63 bits per heavy atom. The fraction of sp³-hybridized carbons (Fsp3) is 0.188. The number of rotatable bonds is 3. The summed E-state index contributed by atoms with van der Waals surface area (Å²) in [6.07, 6.45) is 0.526. The zero-order chi connectivity index (χ0) is 13.8. The molecular formula is C16H13Cl2N. The molecule has 3 heteroatoms. The van der Waals surface area contributed by atoms with Crippen molar-refractivity contribution in [2.45, 2.75) is 19.3 Å². The van der Waals surface area contributed by atoms with E-state index in [4.69, 9.17) is 23.2 Å². The molecule has 0 aromatic heterocycles. The summed E-state index contributed by atoms with van der Waals surface area (Å²) < 4.78 is 0. The normalized spacial score (nSPS) is 11.9. The van der Waals surface area contributed by atoms with Crippen LogP contribution in [0.4, 0.5) is 0 Å². The summed E-state index contributed by atoms with van der Waals surface area (Å²) in [5.74, 6) is -0.238. The first-order valence-electron chi connectivity index (χ1n) is 6.01. The molecule has 0 aliphatic rings. The molecule has 96 valence electrons. The molecule has 0 fully saturated rings. The summed E-state index contributed by atoms with van der Waals surface area (Å²) in [4.78, 5) is 0. The van der Waals surface area contributed by atoms with E-state index in [2.05, 4.69) is 6.07 Å². The van der Waals surface area contributed by atoms with Crippen molar-refractivity contribution in [2.24, 2.45) is 0 Å². The van der Waals surface area contributed by atoms with Gasteiger partial charge >= 0.3 is 0 Å². The van der Waals surface area contributed by atoms with E-state index in [0.717, 1.165) is 11.1 Å². The lowest BCUT2D eigenvalue weighted by atomic mass is 9.92. The Bertz CT molecular complexity index is 591. The smallest absolute Gasteiger partial charge is 0.0754 e. The molecule has 0 N–H and O–H groups in total. The minimum absolute atomic E-state index is 0.238. The average molecular weight is 290 g/mol. The van der Waals surface area contributed by atoms with Gasteiger partial charge in [0.2, 0.25) is 0 Å².